The maximum absolute atomic E-state index is 12.5. The number of hydrogen-bond acceptors (Lipinski definition) is 5. The molecule has 0 bridgehead atoms. The molecule has 1 N–H and O–H groups in total. The van der Waals surface area contributed by atoms with E-state index in [0.29, 0.717) is 34.7 Å². The van der Waals surface area contributed by atoms with Crippen molar-refractivity contribution in [1.29, 1.82) is 0 Å². The molecule has 7 heteroatoms. The number of ether oxygens (including phenoxy) is 2. The summed E-state index contributed by atoms with van der Waals surface area (Å²) in [7, 11) is 0. The minimum Gasteiger partial charge on any atom is -0.454 e. The number of carbonyl (C=O) groups excluding carboxylic acids is 1. The van der Waals surface area contributed by atoms with Crippen LogP contribution in [0.25, 0.3) is 0 Å². The van der Waals surface area contributed by atoms with Gasteiger partial charge in [0.25, 0.3) is 11.6 Å². The Morgan fingerprint density at radius 1 is 1.25 bits per heavy atom. The zero-order valence-corrected chi connectivity index (χ0v) is 13.3. The van der Waals surface area contributed by atoms with Gasteiger partial charge < -0.3 is 14.8 Å². The Kier molecular flexibility index (Phi) is 4.07. The molecule has 2 aromatic carbocycles. The Morgan fingerprint density at radius 2 is 2.00 bits per heavy atom. The van der Waals surface area contributed by atoms with Gasteiger partial charge in [-0.2, -0.15) is 0 Å². The lowest BCUT2D eigenvalue weighted by Gasteiger charge is -2.13. The Hall–Kier alpha value is -3.09. The van der Waals surface area contributed by atoms with Crippen LogP contribution in [0.2, 0.25) is 0 Å². The molecular weight excluding hydrogens is 312 g/mol. The van der Waals surface area contributed by atoms with Crippen LogP contribution < -0.4 is 14.8 Å². The fourth-order valence-corrected chi connectivity index (χ4v) is 2.63. The van der Waals surface area contributed by atoms with Gasteiger partial charge in [0.05, 0.1) is 4.92 Å². The lowest BCUT2D eigenvalue weighted by molar-refractivity contribution is -0.384. The van der Waals surface area contributed by atoms with Gasteiger partial charge in [-0.3, -0.25) is 14.9 Å². The van der Waals surface area contributed by atoms with Crippen LogP contribution >= 0.6 is 0 Å². The van der Waals surface area contributed by atoms with Crippen molar-refractivity contribution in [3.05, 3.63) is 57.1 Å². The highest BCUT2D eigenvalue weighted by Gasteiger charge is 2.19. The molecule has 124 valence electrons. The zero-order valence-electron chi connectivity index (χ0n) is 13.3. The molecule has 0 fully saturated rings. The zero-order chi connectivity index (χ0) is 17.3. The summed E-state index contributed by atoms with van der Waals surface area (Å²) in [6.45, 7) is 3.76. The van der Waals surface area contributed by atoms with Crippen molar-refractivity contribution < 1.29 is 19.2 Å². The van der Waals surface area contributed by atoms with E-state index in [1.807, 2.05) is 6.92 Å². The molecule has 24 heavy (non-hydrogen) atoms. The first-order valence-corrected chi connectivity index (χ1v) is 7.48. The third-order valence-electron chi connectivity index (χ3n) is 3.87. The molecule has 0 aromatic heterocycles. The van der Waals surface area contributed by atoms with E-state index in [1.54, 1.807) is 25.1 Å². The lowest BCUT2D eigenvalue weighted by Crippen LogP contribution is -2.14. The van der Waals surface area contributed by atoms with Crippen LogP contribution in [0.1, 0.15) is 28.4 Å². The summed E-state index contributed by atoms with van der Waals surface area (Å²) in [5.41, 5.74) is 2.42. The highest BCUT2D eigenvalue weighted by atomic mass is 16.7. The molecule has 1 heterocycles. The van der Waals surface area contributed by atoms with Gasteiger partial charge >= 0.3 is 0 Å². The molecule has 0 saturated heterocycles. The van der Waals surface area contributed by atoms with Gasteiger partial charge in [0.1, 0.15) is 0 Å². The molecule has 1 amide bonds. The molecule has 7 nitrogen and oxygen atoms in total. The molecule has 3 rings (SSSR count). The average molecular weight is 328 g/mol. The van der Waals surface area contributed by atoms with Crippen molar-refractivity contribution in [1.82, 2.24) is 0 Å². The molecule has 1 aliphatic rings. The van der Waals surface area contributed by atoms with Gasteiger partial charge in [-0.25, -0.2) is 0 Å². The first-order chi connectivity index (χ1) is 11.5. The minimum absolute atomic E-state index is 0.0189. The van der Waals surface area contributed by atoms with E-state index in [9.17, 15) is 14.9 Å². The summed E-state index contributed by atoms with van der Waals surface area (Å²) in [5, 5.41) is 13.8. The number of nitrogens with one attached hydrogen (secondary N) is 1. The predicted octanol–water partition coefficient (Wildman–Crippen LogP) is 3.45. The third kappa shape index (κ3) is 2.88. The highest BCUT2D eigenvalue weighted by molar-refractivity contribution is 6.05. The fourth-order valence-electron chi connectivity index (χ4n) is 2.63. The number of rotatable bonds is 4. The SMILES string of the molecule is CCc1cc([N+](=O)[O-])cc(C)c1NC(=O)c1ccc2c(c1)OCO2. The van der Waals surface area contributed by atoms with E-state index in [-0.39, 0.29) is 18.4 Å². The second kappa shape index (κ2) is 6.19. The smallest absolute Gasteiger partial charge is 0.270 e. The number of hydrogen-bond donors (Lipinski definition) is 1. The predicted molar refractivity (Wildman–Crippen MR) is 87.7 cm³/mol. The average Bonchev–Trinajstić information content (AvgIpc) is 3.03. The van der Waals surface area contributed by atoms with Gasteiger partial charge in [0.15, 0.2) is 11.5 Å². The fraction of sp³-hybridized carbons (Fsp3) is 0.235. The molecule has 2 aromatic rings. The first kappa shape index (κ1) is 15.8. The maximum Gasteiger partial charge on any atom is 0.270 e. The van der Waals surface area contributed by atoms with Crippen molar-refractivity contribution in [2.45, 2.75) is 20.3 Å². The summed E-state index contributed by atoms with van der Waals surface area (Å²) in [6, 6.07) is 7.89. The van der Waals surface area contributed by atoms with Crippen LogP contribution in [0.3, 0.4) is 0 Å². The number of non-ortho nitro benzene ring substituents is 1. The number of benzene rings is 2. The number of nitro benzene ring substituents is 1. The second-order valence-corrected chi connectivity index (χ2v) is 5.43. The summed E-state index contributed by atoms with van der Waals surface area (Å²) in [6.07, 6.45) is 0.569. The standard InChI is InChI=1S/C17H16N2O5/c1-3-11-7-13(19(21)22)6-10(2)16(11)18-17(20)12-4-5-14-15(8-12)24-9-23-14/h4-8H,3,9H2,1-2H3,(H,18,20). The maximum atomic E-state index is 12.5. The van der Waals surface area contributed by atoms with Crippen molar-refractivity contribution >= 4 is 17.3 Å². The highest BCUT2D eigenvalue weighted by Crippen LogP contribution is 2.33. The summed E-state index contributed by atoms with van der Waals surface area (Å²) < 4.78 is 10.5. The van der Waals surface area contributed by atoms with Crippen LogP contribution in [-0.4, -0.2) is 17.6 Å². The van der Waals surface area contributed by atoms with Crippen LogP contribution in [0.15, 0.2) is 30.3 Å². The summed E-state index contributed by atoms with van der Waals surface area (Å²) in [5.74, 6) is 0.825. The van der Waals surface area contributed by atoms with Crippen molar-refractivity contribution in [2.75, 3.05) is 12.1 Å². The molecule has 0 unspecified atom stereocenters. The summed E-state index contributed by atoms with van der Waals surface area (Å²) >= 11 is 0. The van der Waals surface area contributed by atoms with Crippen molar-refractivity contribution in [3.63, 3.8) is 0 Å². The quantitative estimate of drug-likeness (QED) is 0.685. The normalized spacial score (nSPS) is 12.1. The van der Waals surface area contributed by atoms with Gasteiger partial charge in [-0.05, 0) is 42.7 Å². The third-order valence-corrected chi connectivity index (χ3v) is 3.87. The van der Waals surface area contributed by atoms with E-state index >= 15 is 0 Å². The number of nitrogens with zero attached hydrogens (tertiary/aromatic N) is 1. The molecule has 0 spiro atoms. The Labute approximate surface area is 138 Å². The van der Waals surface area contributed by atoms with E-state index in [0.717, 1.165) is 5.56 Å². The number of fused-ring (bicyclic) bond motifs is 1. The van der Waals surface area contributed by atoms with Gasteiger partial charge in [-0.15, -0.1) is 0 Å². The monoisotopic (exact) mass is 328 g/mol. The van der Waals surface area contributed by atoms with Crippen LogP contribution in [-0.2, 0) is 6.42 Å². The summed E-state index contributed by atoms with van der Waals surface area (Å²) in [4.78, 5) is 23.1. The number of nitro groups is 1. The molecule has 0 saturated carbocycles. The largest absolute Gasteiger partial charge is 0.454 e. The Balaban J connectivity index is 1.90. The minimum atomic E-state index is -0.435. The Morgan fingerprint density at radius 3 is 2.71 bits per heavy atom. The van der Waals surface area contributed by atoms with E-state index < -0.39 is 4.92 Å². The van der Waals surface area contributed by atoms with Crippen molar-refractivity contribution in [3.8, 4) is 11.5 Å². The first-order valence-electron chi connectivity index (χ1n) is 7.48. The molecule has 1 aliphatic heterocycles. The van der Waals surface area contributed by atoms with Gasteiger partial charge in [0, 0.05) is 23.4 Å². The lowest BCUT2D eigenvalue weighted by atomic mass is 10.0. The number of carbonyl (C=O) groups is 1. The van der Waals surface area contributed by atoms with Gasteiger partial charge in [0.2, 0.25) is 6.79 Å². The van der Waals surface area contributed by atoms with Crippen LogP contribution in [0.4, 0.5) is 11.4 Å². The van der Waals surface area contributed by atoms with Gasteiger partial charge in [-0.1, -0.05) is 6.92 Å². The van der Waals surface area contributed by atoms with E-state index in [4.69, 9.17) is 9.47 Å². The second-order valence-electron chi connectivity index (χ2n) is 5.43. The van der Waals surface area contributed by atoms with E-state index in [2.05, 4.69) is 5.32 Å². The van der Waals surface area contributed by atoms with Crippen LogP contribution in [0.5, 0.6) is 11.5 Å². The molecular formula is C17H16N2O5. The van der Waals surface area contributed by atoms with Crippen LogP contribution in [0, 0.1) is 17.0 Å². The number of aryl methyl sites for hydroxylation is 2. The van der Waals surface area contributed by atoms with Crippen molar-refractivity contribution in [2.24, 2.45) is 0 Å². The van der Waals surface area contributed by atoms with E-state index in [1.165, 1.54) is 12.1 Å². The number of anilines is 1. The Bertz CT molecular complexity index is 832. The molecule has 0 atom stereocenters. The molecule has 0 aliphatic carbocycles. The topological polar surface area (TPSA) is 90.7 Å². The number of amides is 1. The molecule has 0 radical (unpaired) electrons.